The molecule has 17 heavy (non-hydrogen) atoms. The number of halogens is 1. The van der Waals surface area contributed by atoms with E-state index in [9.17, 15) is 4.79 Å². The number of rotatable bonds is 1. The van der Waals surface area contributed by atoms with Gasteiger partial charge in [-0.05, 0) is 37.3 Å². The zero-order valence-electron chi connectivity index (χ0n) is 10.2. The lowest BCUT2D eigenvalue weighted by Crippen LogP contribution is -2.32. The predicted molar refractivity (Wildman–Crippen MR) is 70.4 cm³/mol. The van der Waals surface area contributed by atoms with Crippen molar-refractivity contribution in [2.75, 3.05) is 13.1 Å². The number of carbonyl (C=O) groups is 1. The summed E-state index contributed by atoms with van der Waals surface area (Å²) < 4.78 is 0. The van der Waals surface area contributed by atoms with Gasteiger partial charge >= 0.3 is 0 Å². The van der Waals surface area contributed by atoms with Gasteiger partial charge in [-0.2, -0.15) is 0 Å². The van der Waals surface area contributed by atoms with Crippen LogP contribution in [0.5, 0.6) is 0 Å². The van der Waals surface area contributed by atoms with Crippen LogP contribution in [0.2, 0.25) is 5.02 Å². The first kappa shape index (κ1) is 12.4. The van der Waals surface area contributed by atoms with Crippen molar-refractivity contribution in [2.24, 2.45) is 5.92 Å². The molecule has 92 valence electrons. The number of nitrogens with zero attached hydrogens (tertiary/aromatic N) is 1. The van der Waals surface area contributed by atoms with Crippen LogP contribution >= 0.6 is 11.6 Å². The molecule has 1 atom stereocenters. The predicted octanol–water partition coefficient (Wildman–Crippen LogP) is 3.60. The Bertz CT molecular complexity index is 405. The van der Waals surface area contributed by atoms with Crippen LogP contribution in [0.15, 0.2) is 24.3 Å². The zero-order chi connectivity index (χ0) is 12.3. The smallest absolute Gasteiger partial charge is 0.255 e. The fourth-order valence-corrected chi connectivity index (χ4v) is 2.49. The molecule has 0 N–H and O–H groups in total. The Balaban J connectivity index is 2.12. The van der Waals surface area contributed by atoms with E-state index in [1.807, 2.05) is 17.0 Å². The summed E-state index contributed by atoms with van der Waals surface area (Å²) in [7, 11) is 0. The maximum atomic E-state index is 12.3. The van der Waals surface area contributed by atoms with Gasteiger partial charge < -0.3 is 4.90 Å². The lowest BCUT2D eigenvalue weighted by Gasteiger charge is -2.21. The van der Waals surface area contributed by atoms with E-state index in [-0.39, 0.29) is 5.91 Å². The molecule has 1 saturated heterocycles. The Labute approximate surface area is 108 Å². The van der Waals surface area contributed by atoms with Crippen LogP contribution < -0.4 is 0 Å². The van der Waals surface area contributed by atoms with E-state index in [4.69, 9.17) is 11.6 Å². The molecule has 1 fully saturated rings. The Morgan fingerprint density at radius 3 is 2.82 bits per heavy atom. The van der Waals surface area contributed by atoms with Crippen molar-refractivity contribution in [3.8, 4) is 0 Å². The Kier molecular flexibility index (Phi) is 4.06. The first-order valence-corrected chi connectivity index (χ1v) is 6.60. The molecule has 1 heterocycles. The third kappa shape index (κ3) is 3.01. The van der Waals surface area contributed by atoms with Crippen LogP contribution in [-0.2, 0) is 0 Å². The van der Waals surface area contributed by atoms with Crippen molar-refractivity contribution in [1.82, 2.24) is 4.90 Å². The van der Waals surface area contributed by atoms with Crippen LogP contribution in [0.3, 0.4) is 0 Å². The average Bonchev–Trinajstić information content (AvgIpc) is 2.54. The number of hydrogen-bond acceptors (Lipinski definition) is 1. The number of likely N-dealkylation sites (tertiary alicyclic amines) is 1. The van der Waals surface area contributed by atoms with Crippen LogP contribution in [0.4, 0.5) is 0 Å². The van der Waals surface area contributed by atoms with Crippen molar-refractivity contribution in [2.45, 2.75) is 26.2 Å². The van der Waals surface area contributed by atoms with E-state index in [1.54, 1.807) is 12.1 Å². The van der Waals surface area contributed by atoms with E-state index in [1.165, 1.54) is 6.42 Å². The summed E-state index contributed by atoms with van der Waals surface area (Å²) >= 11 is 6.06. The largest absolute Gasteiger partial charge is 0.339 e. The van der Waals surface area contributed by atoms with E-state index >= 15 is 0 Å². The van der Waals surface area contributed by atoms with Gasteiger partial charge in [-0.1, -0.05) is 30.7 Å². The fourth-order valence-electron chi connectivity index (χ4n) is 2.27. The first-order valence-electron chi connectivity index (χ1n) is 6.22. The van der Waals surface area contributed by atoms with Crippen molar-refractivity contribution < 1.29 is 4.79 Å². The molecule has 0 aromatic heterocycles. The quantitative estimate of drug-likeness (QED) is 0.747. The number of benzene rings is 1. The summed E-state index contributed by atoms with van der Waals surface area (Å²) in [4.78, 5) is 14.3. The maximum absolute atomic E-state index is 12.3. The Hall–Kier alpha value is -1.02. The maximum Gasteiger partial charge on any atom is 0.255 e. The second-order valence-corrected chi connectivity index (χ2v) is 5.22. The van der Waals surface area contributed by atoms with Crippen molar-refractivity contribution in [3.63, 3.8) is 0 Å². The lowest BCUT2D eigenvalue weighted by molar-refractivity contribution is 0.0760. The molecule has 1 unspecified atom stereocenters. The standard InChI is InChI=1S/C14H18ClNO/c1-11-5-4-9-16(10-8-11)14(17)12-6-2-3-7-13(12)15/h2-3,6-7,11H,4-5,8-10H2,1H3. The van der Waals surface area contributed by atoms with E-state index in [2.05, 4.69) is 6.92 Å². The van der Waals surface area contributed by atoms with Crippen molar-refractivity contribution in [1.29, 1.82) is 0 Å². The molecule has 0 aliphatic carbocycles. The SMILES string of the molecule is CC1CCCN(C(=O)c2ccccc2Cl)CC1. The molecule has 2 rings (SSSR count). The molecule has 1 aromatic carbocycles. The lowest BCUT2D eigenvalue weighted by atomic mass is 10.0. The average molecular weight is 252 g/mol. The van der Waals surface area contributed by atoms with Gasteiger partial charge in [0.25, 0.3) is 5.91 Å². The van der Waals surface area contributed by atoms with Gasteiger partial charge in [-0.3, -0.25) is 4.79 Å². The van der Waals surface area contributed by atoms with Gasteiger partial charge in [-0.25, -0.2) is 0 Å². The summed E-state index contributed by atoms with van der Waals surface area (Å²) in [5.74, 6) is 0.795. The molecular weight excluding hydrogens is 234 g/mol. The van der Waals surface area contributed by atoms with E-state index < -0.39 is 0 Å². The molecule has 1 aliphatic heterocycles. The highest BCUT2D eigenvalue weighted by molar-refractivity contribution is 6.33. The molecular formula is C14H18ClNO. The highest BCUT2D eigenvalue weighted by Gasteiger charge is 2.20. The highest BCUT2D eigenvalue weighted by Crippen LogP contribution is 2.21. The molecule has 1 aliphatic rings. The Morgan fingerprint density at radius 1 is 1.29 bits per heavy atom. The van der Waals surface area contributed by atoms with Gasteiger partial charge in [-0.15, -0.1) is 0 Å². The monoisotopic (exact) mass is 251 g/mol. The molecule has 2 nitrogen and oxygen atoms in total. The van der Waals surface area contributed by atoms with Gasteiger partial charge in [0, 0.05) is 13.1 Å². The van der Waals surface area contributed by atoms with Crippen LogP contribution in [0, 0.1) is 5.92 Å². The molecule has 0 radical (unpaired) electrons. The molecule has 1 aromatic rings. The van der Waals surface area contributed by atoms with Crippen LogP contribution in [0.1, 0.15) is 36.5 Å². The summed E-state index contributed by atoms with van der Waals surface area (Å²) in [5.41, 5.74) is 0.628. The van der Waals surface area contributed by atoms with E-state index in [0.29, 0.717) is 10.6 Å². The summed E-state index contributed by atoms with van der Waals surface area (Å²) in [6.07, 6.45) is 3.40. The minimum atomic E-state index is 0.0738. The second kappa shape index (κ2) is 5.54. The van der Waals surface area contributed by atoms with E-state index in [0.717, 1.165) is 31.8 Å². The third-order valence-corrected chi connectivity index (χ3v) is 3.74. The number of amides is 1. The molecule has 0 saturated carbocycles. The van der Waals surface area contributed by atoms with Crippen molar-refractivity contribution in [3.05, 3.63) is 34.9 Å². The van der Waals surface area contributed by atoms with Gasteiger partial charge in [0.15, 0.2) is 0 Å². The normalized spacial score (nSPS) is 21.1. The minimum Gasteiger partial charge on any atom is -0.339 e. The van der Waals surface area contributed by atoms with Gasteiger partial charge in [0.05, 0.1) is 10.6 Å². The second-order valence-electron chi connectivity index (χ2n) is 4.81. The van der Waals surface area contributed by atoms with Crippen LogP contribution in [-0.4, -0.2) is 23.9 Å². The first-order chi connectivity index (χ1) is 8.18. The van der Waals surface area contributed by atoms with Gasteiger partial charge in [0.1, 0.15) is 0 Å². The van der Waals surface area contributed by atoms with Crippen molar-refractivity contribution >= 4 is 17.5 Å². The zero-order valence-corrected chi connectivity index (χ0v) is 10.9. The van der Waals surface area contributed by atoms with Crippen LogP contribution in [0.25, 0.3) is 0 Å². The molecule has 0 spiro atoms. The summed E-state index contributed by atoms with van der Waals surface area (Å²) in [6.45, 7) is 3.96. The molecule has 0 bridgehead atoms. The molecule has 1 amide bonds. The Morgan fingerprint density at radius 2 is 2.06 bits per heavy atom. The fraction of sp³-hybridized carbons (Fsp3) is 0.500. The highest BCUT2D eigenvalue weighted by atomic mass is 35.5. The minimum absolute atomic E-state index is 0.0738. The third-order valence-electron chi connectivity index (χ3n) is 3.41. The van der Waals surface area contributed by atoms with Gasteiger partial charge in [0.2, 0.25) is 0 Å². The molecule has 3 heteroatoms. The number of hydrogen-bond donors (Lipinski definition) is 0. The topological polar surface area (TPSA) is 20.3 Å². The number of carbonyl (C=O) groups excluding carboxylic acids is 1. The summed E-state index contributed by atoms with van der Waals surface area (Å²) in [6, 6.07) is 7.29. The summed E-state index contributed by atoms with van der Waals surface area (Å²) in [5, 5.41) is 0.551.